The smallest absolute Gasteiger partial charge is 0.332 e. The van der Waals surface area contributed by atoms with Gasteiger partial charge in [0, 0.05) is 6.54 Å². The molecule has 2 rings (SSSR count). The number of aliphatic carboxylic acids is 1. The molecule has 0 aromatic carbocycles. The molecule has 0 aliphatic carbocycles. The Kier molecular flexibility index (Phi) is 3.90. The topological polar surface area (TPSA) is 131 Å². The van der Waals surface area contributed by atoms with Gasteiger partial charge in [-0.05, 0) is 18.1 Å². The maximum Gasteiger partial charge on any atom is 0.332 e. The van der Waals surface area contributed by atoms with Crippen molar-refractivity contribution in [2.24, 2.45) is 7.05 Å². The summed E-state index contributed by atoms with van der Waals surface area (Å²) in [5, 5.41) is 24.6. The quantitative estimate of drug-likeness (QED) is 0.637. The zero-order valence-corrected chi connectivity index (χ0v) is 10.2. The van der Waals surface area contributed by atoms with Gasteiger partial charge in [0.2, 0.25) is 0 Å². The largest absolute Gasteiger partial charge is 0.479 e. The van der Waals surface area contributed by atoms with Crippen LogP contribution in [0.15, 0.2) is 0 Å². The third kappa shape index (κ3) is 3.61. The van der Waals surface area contributed by atoms with Gasteiger partial charge in [0.05, 0.1) is 13.2 Å². The Morgan fingerprint density at radius 3 is 2.89 bits per heavy atom. The number of carbonyl (C=O) groups is 2. The molecule has 0 saturated carbocycles. The maximum absolute atomic E-state index is 11.5. The number of aryl methyl sites for hydroxylation is 1. The molecule has 1 aromatic heterocycles. The Bertz CT molecular complexity index is 475. The highest BCUT2D eigenvalue weighted by Crippen LogP contribution is 2.19. The van der Waals surface area contributed by atoms with E-state index in [-0.39, 0.29) is 18.6 Å². The molecule has 10 heteroatoms. The standard InChI is InChI=1S/C9H14N6O4/c1-15-13-8(12-14-15)11-9(18)10-4-5-2-3-6(19-5)7(16)17/h5-6H,2-4H2,1H3,(H,16,17)(H2,10,11,13,18). The lowest BCUT2D eigenvalue weighted by molar-refractivity contribution is -0.149. The first kappa shape index (κ1) is 13.2. The van der Waals surface area contributed by atoms with E-state index in [9.17, 15) is 9.59 Å². The minimum absolute atomic E-state index is 0.0933. The average molecular weight is 270 g/mol. The van der Waals surface area contributed by atoms with E-state index >= 15 is 0 Å². The monoisotopic (exact) mass is 270 g/mol. The summed E-state index contributed by atoms with van der Waals surface area (Å²) in [7, 11) is 1.58. The highest BCUT2D eigenvalue weighted by Gasteiger charge is 2.30. The van der Waals surface area contributed by atoms with Crippen molar-refractivity contribution in [1.82, 2.24) is 25.5 Å². The molecule has 2 amide bonds. The summed E-state index contributed by atoms with van der Waals surface area (Å²) in [5.74, 6) is -0.883. The normalized spacial score (nSPS) is 22.2. The van der Waals surface area contributed by atoms with E-state index in [1.165, 1.54) is 4.80 Å². The summed E-state index contributed by atoms with van der Waals surface area (Å²) in [4.78, 5) is 23.4. The van der Waals surface area contributed by atoms with Crippen LogP contribution >= 0.6 is 0 Å². The summed E-state index contributed by atoms with van der Waals surface area (Å²) >= 11 is 0. The van der Waals surface area contributed by atoms with E-state index in [4.69, 9.17) is 9.84 Å². The molecule has 19 heavy (non-hydrogen) atoms. The van der Waals surface area contributed by atoms with E-state index in [0.29, 0.717) is 12.8 Å². The predicted molar refractivity (Wildman–Crippen MR) is 61.4 cm³/mol. The molecule has 1 fully saturated rings. The second-order valence-corrected chi connectivity index (χ2v) is 4.10. The fraction of sp³-hybridized carbons (Fsp3) is 0.667. The molecule has 2 atom stereocenters. The van der Waals surface area contributed by atoms with Crippen LogP contribution in [0.25, 0.3) is 0 Å². The Labute approximate surface area is 108 Å². The first-order chi connectivity index (χ1) is 9.04. The van der Waals surface area contributed by atoms with Crippen LogP contribution < -0.4 is 10.6 Å². The number of carboxylic acids is 1. The lowest BCUT2D eigenvalue weighted by Gasteiger charge is -2.11. The number of amides is 2. The SMILES string of the molecule is Cn1nnc(NC(=O)NCC2CCC(C(=O)O)O2)n1. The average Bonchev–Trinajstić information content (AvgIpc) is 2.96. The van der Waals surface area contributed by atoms with Crippen LogP contribution in [-0.4, -0.2) is 56.1 Å². The second-order valence-electron chi connectivity index (χ2n) is 4.10. The van der Waals surface area contributed by atoms with Crippen molar-refractivity contribution in [3.63, 3.8) is 0 Å². The van der Waals surface area contributed by atoms with E-state index in [0.717, 1.165) is 0 Å². The summed E-state index contributed by atoms with van der Waals surface area (Å²) in [6.45, 7) is 0.232. The molecule has 104 valence electrons. The van der Waals surface area contributed by atoms with Gasteiger partial charge in [-0.1, -0.05) is 5.10 Å². The number of anilines is 1. The summed E-state index contributed by atoms with van der Waals surface area (Å²) in [6, 6.07) is -0.490. The van der Waals surface area contributed by atoms with Crippen LogP contribution in [0.5, 0.6) is 0 Å². The Hall–Kier alpha value is -2.23. The van der Waals surface area contributed by atoms with E-state index in [1.807, 2.05) is 0 Å². The van der Waals surface area contributed by atoms with Crippen LogP contribution in [0, 0.1) is 0 Å². The molecule has 1 aliphatic rings. The molecule has 1 aromatic rings. The van der Waals surface area contributed by atoms with Crippen molar-refractivity contribution in [3.8, 4) is 0 Å². The zero-order valence-electron chi connectivity index (χ0n) is 10.2. The molecule has 2 heterocycles. The van der Waals surface area contributed by atoms with Gasteiger partial charge < -0.3 is 15.2 Å². The van der Waals surface area contributed by atoms with E-state index in [2.05, 4.69) is 26.0 Å². The maximum atomic E-state index is 11.5. The number of ether oxygens (including phenoxy) is 1. The van der Waals surface area contributed by atoms with Crippen molar-refractivity contribution >= 4 is 17.9 Å². The number of carbonyl (C=O) groups excluding carboxylic acids is 1. The van der Waals surface area contributed by atoms with Crippen LogP contribution in [0.1, 0.15) is 12.8 Å². The lowest BCUT2D eigenvalue weighted by atomic mass is 10.2. The number of nitrogens with zero attached hydrogens (tertiary/aromatic N) is 4. The molecule has 0 radical (unpaired) electrons. The van der Waals surface area contributed by atoms with E-state index in [1.54, 1.807) is 7.05 Å². The number of nitrogens with one attached hydrogen (secondary N) is 2. The van der Waals surface area contributed by atoms with Crippen molar-refractivity contribution in [3.05, 3.63) is 0 Å². The Balaban J connectivity index is 1.71. The molecular formula is C9H14N6O4. The van der Waals surface area contributed by atoms with Crippen molar-refractivity contribution in [1.29, 1.82) is 0 Å². The summed E-state index contributed by atoms with van der Waals surface area (Å²) in [6.07, 6.45) is -0.0199. The number of aromatic nitrogens is 4. The molecule has 10 nitrogen and oxygen atoms in total. The van der Waals surface area contributed by atoms with Gasteiger partial charge in [-0.2, -0.15) is 4.80 Å². The van der Waals surface area contributed by atoms with Crippen LogP contribution in [-0.2, 0) is 16.6 Å². The van der Waals surface area contributed by atoms with Gasteiger partial charge in [-0.3, -0.25) is 5.32 Å². The predicted octanol–water partition coefficient (Wildman–Crippen LogP) is -1.04. The number of tetrazole rings is 1. The highest BCUT2D eigenvalue weighted by atomic mass is 16.5. The number of carboxylic acid groups (broad SMARTS) is 1. The molecule has 0 spiro atoms. The van der Waals surface area contributed by atoms with Gasteiger partial charge in [-0.15, -0.1) is 5.10 Å². The van der Waals surface area contributed by atoms with Crippen LogP contribution in [0.3, 0.4) is 0 Å². The third-order valence-corrected chi connectivity index (χ3v) is 2.61. The van der Waals surface area contributed by atoms with Crippen molar-refractivity contribution in [2.45, 2.75) is 25.0 Å². The fourth-order valence-corrected chi connectivity index (χ4v) is 1.72. The molecular weight excluding hydrogens is 256 g/mol. The highest BCUT2D eigenvalue weighted by molar-refractivity contribution is 5.87. The number of rotatable bonds is 4. The molecule has 3 N–H and O–H groups in total. The summed E-state index contributed by atoms with van der Waals surface area (Å²) < 4.78 is 5.24. The number of urea groups is 1. The Morgan fingerprint density at radius 1 is 1.53 bits per heavy atom. The third-order valence-electron chi connectivity index (χ3n) is 2.61. The molecule has 2 unspecified atom stereocenters. The number of hydrogen-bond donors (Lipinski definition) is 3. The van der Waals surface area contributed by atoms with Gasteiger partial charge in [0.15, 0.2) is 6.10 Å². The Morgan fingerprint density at radius 2 is 2.32 bits per heavy atom. The summed E-state index contributed by atoms with van der Waals surface area (Å²) in [5.41, 5.74) is 0. The van der Waals surface area contributed by atoms with Crippen molar-refractivity contribution in [2.75, 3.05) is 11.9 Å². The van der Waals surface area contributed by atoms with Crippen LogP contribution in [0.4, 0.5) is 10.7 Å². The van der Waals surface area contributed by atoms with Crippen molar-refractivity contribution < 1.29 is 19.4 Å². The lowest BCUT2D eigenvalue weighted by Crippen LogP contribution is -2.36. The van der Waals surface area contributed by atoms with Gasteiger partial charge in [-0.25, -0.2) is 9.59 Å². The zero-order chi connectivity index (χ0) is 13.8. The molecule has 1 aliphatic heterocycles. The minimum atomic E-state index is -0.976. The van der Waals surface area contributed by atoms with Gasteiger partial charge >= 0.3 is 12.0 Å². The molecule has 1 saturated heterocycles. The fourth-order valence-electron chi connectivity index (χ4n) is 1.72. The second kappa shape index (κ2) is 5.61. The van der Waals surface area contributed by atoms with E-state index < -0.39 is 18.1 Å². The minimum Gasteiger partial charge on any atom is -0.479 e. The first-order valence-corrected chi connectivity index (χ1v) is 5.71. The molecule has 0 bridgehead atoms. The van der Waals surface area contributed by atoms with Gasteiger partial charge in [0.1, 0.15) is 0 Å². The van der Waals surface area contributed by atoms with Gasteiger partial charge in [0.25, 0.3) is 5.95 Å². The number of hydrogen-bond acceptors (Lipinski definition) is 6. The van der Waals surface area contributed by atoms with Crippen LogP contribution in [0.2, 0.25) is 0 Å². The first-order valence-electron chi connectivity index (χ1n) is 5.71.